The highest BCUT2D eigenvalue weighted by atomic mass is 16.3. The first-order valence-corrected chi connectivity index (χ1v) is 8.90. The number of carbonyl (C=O) groups excluding carboxylic acids is 2. The number of aromatic nitrogens is 1. The number of pyridine rings is 1. The molecule has 1 atom stereocenters. The lowest BCUT2D eigenvalue weighted by atomic mass is 9.98. The van der Waals surface area contributed by atoms with Crippen LogP contribution in [0, 0.1) is 0 Å². The molecule has 6 nitrogen and oxygen atoms in total. The van der Waals surface area contributed by atoms with Gasteiger partial charge in [0.25, 0.3) is 11.7 Å². The lowest BCUT2D eigenvalue weighted by molar-refractivity contribution is -0.140. The molecule has 1 unspecified atom stereocenters. The van der Waals surface area contributed by atoms with Crippen molar-refractivity contribution in [2.75, 3.05) is 27.2 Å². The Morgan fingerprint density at radius 3 is 2.44 bits per heavy atom. The second-order valence-corrected chi connectivity index (χ2v) is 6.77. The van der Waals surface area contributed by atoms with E-state index < -0.39 is 17.7 Å². The molecule has 2 aromatic rings. The van der Waals surface area contributed by atoms with Crippen LogP contribution in [0.3, 0.4) is 0 Å². The predicted octanol–water partition coefficient (Wildman–Crippen LogP) is 2.46. The van der Waals surface area contributed by atoms with Crippen LogP contribution >= 0.6 is 0 Å². The van der Waals surface area contributed by atoms with Crippen molar-refractivity contribution >= 4 is 17.4 Å². The number of likely N-dealkylation sites (tertiary alicyclic amines) is 1. The van der Waals surface area contributed by atoms with Crippen LogP contribution in [0.25, 0.3) is 5.76 Å². The van der Waals surface area contributed by atoms with E-state index in [1.54, 1.807) is 42.6 Å². The van der Waals surface area contributed by atoms with E-state index in [-0.39, 0.29) is 11.3 Å². The number of rotatable bonds is 6. The lowest BCUT2D eigenvalue weighted by Gasteiger charge is -2.25. The van der Waals surface area contributed by atoms with Crippen molar-refractivity contribution in [3.8, 4) is 0 Å². The summed E-state index contributed by atoms with van der Waals surface area (Å²) in [6.45, 7) is 1.20. The van der Waals surface area contributed by atoms with Crippen LogP contribution in [0.5, 0.6) is 0 Å². The maximum atomic E-state index is 12.8. The van der Waals surface area contributed by atoms with Crippen molar-refractivity contribution in [3.63, 3.8) is 0 Å². The van der Waals surface area contributed by atoms with E-state index in [1.807, 2.05) is 31.1 Å². The largest absolute Gasteiger partial charge is 0.507 e. The summed E-state index contributed by atoms with van der Waals surface area (Å²) in [5.74, 6) is -1.43. The molecule has 0 spiro atoms. The van der Waals surface area contributed by atoms with E-state index in [1.165, 1.54) is 4.90 Å². The quantitative estimate of drug-likeness (QED) is 0.484. The Morgan fingerprint density at radius 1 is 1.11 bits per heavy atom. The molecule has 0 radical (unpaired) electrons. The molecule has 0 bridgehead atoms. The predicted molar refractivity (Wildman–Crippen MR) is 103 cm³/mol. The molecular formula is C21H23N3O3. The Bertz CT molecular complexity index is 847. The third kappa shape index (κ3) is 3.90. The summed E-state index contributed by atoms with van der Waals surface area (Å²) < 4.78 is 0. The molecule has 1 saturated heterocycles. The molecule has 2 heterocycles. The van der Waals surface area contributed by atoms with Gasteiger partial charge in [0.1, 0.15) is 11.8 Å². The van der Waals surface area contributed by atoms with Gasteiger partial charge in [0.15, 0.2) is 0 Å². The number of amides is 1. The molecule has 27 heavy (non-hydrogen) atoms. The Labute approximate surface area is 158 Å². The van der Waals surface area contributed by atoms with E-state index in [4.69, 9.17) is 0 Å². The monoisotopic (exact) mass is 365 g/mol. The fraction of sp³-hybridized carbons (Fsp3) is 0.286. The number of aliphatic hydroxyl groups excluding tert-OH is 1. The van der Waals surface area contributed by atoms with E-state index in [2.05, 4.69) is 4.98 Å². The highest BCUT2D eigenvalue weighted by Crippen LogP contribution is 2.38. The van der Waals surface area contributed by atoms with Gasteiger partial charge in [0.05, 0.1) is 11.3 Å². The maximum absolute atomic E-state index is 12.8. The van der Waals surface area contributed by atoms with Gasteiger partial charge >= 0.3 is 0 Å². The van der Waals surface area contributed by atoms with Crippen LogP contribution in [0.1, 0.15) is 23.7 Å². The number of nitrogens with zero attached hydrogens (tertiary/aromatic N) is 3. The van der Waals surface area contributed by atoms with Crippen LogP contribution in [0.2, 0.25) is 0 Å². The molecule has 1 N–H and O–H groups in total. The minimum Gasteiger partial charge on any atom is -0.507 e. The Kier molecular flexibility index (Phi) is 5.66. The minimum absolute atomic E-state index is 0.0924. The van der Waals surface area contributed by atoms with E-state index in [9.17, 15) is 14.7 Å². The summed E-state index contributed by atoms with van der Waals surface area (Å²) in [5, 5.41) is 10.8. The molecule has 1 fully saturated rings. The second-order valence-electron chi connectivity index (χ2n) is 6.77. The third-order valence-corrected chi connectivity index (χ3v) is 4.56. The average Bonchev–Trinajstić information content (AvgIpc) is 2.93. The van der Waals surface area contributed by atoms with Gasteiger partial charge in [-0.05, 0) is 39.2 Å². The van der Waals surface area contributed by atoms with E-state index in [0.29, 0.717) is 24.2 Å². The third-order valence-electron chi connectivity index (χ3n) is 4.56. The molecule has 0 saturated carbocycles. The summed E-state index contributed by atoms with van der Waals surface area (Å²) in [7, 11) is 3.92. The SMILES string of the molecule is CN(C)CCCN1C(=O)C(=O)C(=C(O)c2ccccc2)C1c1ccccn1. The number of benzene rings is 1. The number of hydrogen-bond acceptors (Lipinski definition) is 5. The Morgan fingerprint density at radius 2 is 1.81 bits per heavy atom. The van der Waals surface area contributed by atoms with Gasteiger partial charge in [-0.1, -0.05) is 36.4 Å². The smallest absolute Gasteiger partial charge is 0.295 e. The van der Waals surface area contributed by atoms with Gasteiger partial charge in [0, 0.05) is 18.3 Å². The molecule has 1 amide bonds. The molecule has 3 rings (SSSR count). The zero-order valence-corrected chi connectivity index (χ0v) is 15.5. The van der Waals surface area contributed by atoms with Crippen molar-refractivity contribution in [1.29, 1.82) is 0 Å². The van der Waals surface area contributed by atoms with Crippen LogP contribution in [0.15, 0.2) is 60.3 Å². The topological polar surface area (TPSA) is 73.7 Å². The van der Waals surface area contributed by atoms with Crippen LogP contribution < -0.4 is 0 Å². The van der Waals surface area contributed by atoms with Gasteiger partial charge in [-0.15, -0.1) is 0 Å². The normalized spacial score (nSPS) is 19.1. The molecule has 1 aromatic carbocycles. The highest BCUT2D eigenvalue weighted by Gasteiger charge is 2.46. The standard InChI is InChI=1S/C21H23N3O3/c1-23(2)13-8-14-24-18(16-11-6-7-12-22-16)17(20(26)21(24)27)19(25)15-9-4-3-5-10-15/h3-7,9-12,18,25H,8,13-14H2,1-2H3. The Hall–Kier alpha value is -2.99. The second kappa shape index (κ2) is 8.14. The molecule has 0 aliphatic carbocycles. The molecule has 6 heteroatoms. The van der Waals surface area contributed by atoms with Crippen molar-refractivity contribution in [2.45, 2.75) is 12.5 Å². The van der Waals surface area contributed by atoms with Crippen LogP contribution in [0.4, 0.5) is 0 Å². The van der Waals surface area contributed by atoms with Crippen molar-refractivity contribution in [1.82, 2.24) is 14.8 Å². The summed E-state index contributed by atoms with van der Waals surface area (Å²) >= 11 is 0. The fourth-order valence-electron chi connectivity index (χ4n) is 3.26. The first-order valence-electron chi connectivity index (χ1n) is 8.90. The van der Waals surface area contributed by atoms with Gasteiger partial charge in [-0.2, -0.15) is 0 Å². The summed E-state index contributed by atoms with van der Waals surface area (Å²) in [6, 6.07) is 13.5. The summed E-state index contributed by atoms with van der Waals surface area (Å²) in [5.41, 5.74) is 1.17. The average molecular weight is 365 g/mol. The molecule has 140 valence electrons. The number of Topliss-reactive ketones (excluding diaryl/α,β-unsaturated/α-hetero) is 1. The summed E-state index contributed by atoms with van der Waals surface area (Å²) in [6.07, 6.45) is 2.34. The first-order chi connectivity index (χ1) is 13.0. The molecule has 1 aliphatic heterocycles. The zero-order chi connectivity index (χ0) is 19.4. The Balaban J connectivity index is 2.05. The highest BCUT2D eigenvalue weighted by molar-refractivity contribution is 6.46. The van der Waals surface area contributed by atoms with Gasteiger partial charge < -0.3 is 14.9 Å². The molecule has 1 aromatic heterocycles. The van der Waals surface area contributed by atoms with Gasteiger partial charge in [-0.3, -0.25) is 14.6 Å². The molecule has 1 aliphatic rings. The van der Waals surface area contributed by atoms with Gasteiger partial charge in [-0.25, -0.2) is 0 Å². The number of carbonyl (C=O) groups is 2. The fourth-order valence-corrected chi connectivity index (χ4v) is 3.26. The van der Waals surface area contributed by atoms with Crippen molar-refractivity contribution < 1.29 is 14.7 Å². The van der Waals surface area contributed by atoms with Crippen molar-refractivity contribution in [2.24, 2.45) is 0 Å². The first kappa shape index (κ1) is 18.8. The maximum Gasteiger partial charge on any atom is 0.295 e. The van der Waals surface area contributed by atoms with Crippen LogP contribution in [-0.2, 0) is 9.59 Å². The number of aliphatic hydroxyl groups is 1. The minimum atomic E-state index is -0.687. The lowest BCUT2D eigenvalue weighted by Crippen LogP contribution is -2.32. The number of hydrogen-bond donors (Lipinski definition) is 1. The van der Waals surface area contributed by atoms with Crippen molar-refractivity contribution in [3.05, 3.63) is 71.6 Å². The van der Waals surface area contributed by atoms with E-state index in [0.717, 1.165) is 6.54 Å². The summed E-state index contributed by atoms with van der Waals surface area (Å²) in [4.78, 5) is 33.4. The van der Waals surface area contributed by atoms with E-state index >= 15 is 0 Å². The molecular weight excluding hydrogens is 342 g/mol. The van der Waals surface area contributed by atoms with Gasteiger partial charge in [0.2, 0.25) is 0 Å². The number of ketones is 1. The van der Waals surface area contributed by atoms with Crippen LogP contribution in [-0.4, -0.2) is 58.8 Å². The zero-order valence-electron chi connectivity index (χ0n) is 15.5.